The van der Waals surface area contributed by atoms with Crippen LogP contribution in [-0.4, -0.2) is 11.6 Å². The maximum Gasteiger partial charge on any atom is 0.420 e. The number of rotatable bonds is 4. The summed E-state index contributed by atoms with van der Waals surface area (Å²) < 4.78 is 12.4. The molecule has 5 nitrogen and oxygen atoms in total. The molecule has 0 atom stereocenters. The zero-order chi connectivity index (χ0) is 13.2. The van der Waals surface area contributed by atoms with Crippen LogP contribution >= 0.6 is 0 Å². The predicted octanol–water partition coefficient (Wildman–Crippen LogP) is 1.96. The molecule has 3 aromatic rings. The molecule has 2 heterocycles. The first-order chi connectivity index (χ1) is 9.28. The van der Waals surface area contributed by atoms with Crippen LogP contribution < -0.4 is 11.1 Å². The van der Waals surface area contributed by atoms with E-state index in [4.69, 9.17) is 8.83 Å². The fourth-order valence-corrected chi connectivity index (χ4v) is 2.10. The highest BCUT2D eigenvalue weighted by Gasteiger charge is 2.10. The molecule has 19 heavy (non-hydrogen) atoms. The monoisotopic (exact) mass is 258 g/mol. The Bertz CT molecular complexity index is 751. The second kappa shape index (κ2) is 4.78. The fourth-order valence-electron chi connectivity index (χ4n) is 2.10. The highest BCUT2D eigenvalue weighted by molar-refractivity contribution is 5.72. The van der Waals surface area contributed by atoms with Gasteiger partial charge in [-0.25, -0.2) is 4.79 Å². The van der Waals surface area contributed by atoms with Gasteiger partial charge < -0.3 is 14.2 Å². The van der Waals surface area contributed by atoms with Crippen molar-refractivity contribution in [2.24, 2.45) is 0 Å². The molecule has 3 rings (SSSR count). The van der Waals surface area contributed by atoms with E-state index in [9.17, 15) is 4.79 Å². The van der Waals surface area contributed by atoms with Crippen molar-refractivity contribution in [3.8, 4) is 0 Å². The second-order valence-corrected chi connectivity index (χ2v) is 4.32. The lowest BCUT2D eigenvalue weighted by atomic mass is 10.3. The summed E-state index contributed by atoms with van der Waals surface area (Å²) in [6.07, 6.45) is 0. The van der Waals surface area contributed by atoms with Crippen LogP contribution in [0.2, 0.25) is 0 Å². The normalized spacial score (nSPS) is 11.2. The number of oxazole rings is 1. The van der Waals surface area contributed by atoms with Crippen molar-refractivity contribution >= 4 is 11.1 Å². The van der Waals surface area contributed by atoms with E-state index in [-0.39, 0.29) is 5.76 Å². The molecule has 0 bridgehead atoms. The molecule has 0 aliphatic carbocycles. The number of fused-ring (bicyclic) bond motifs is 1. The fraction of sp³-hybridized carbons (Fsp3) is 0.214. The highest BCUT2D eigenvalue weighted by Crippen LogP contribution is 2.15. The summed E-state index contributed by atoms with van der Waals surface area (Å²) in [7, 11) is 1.86. The maximum absolute atomic E-state index is 11.8. The van der Waals surface area contributed by atoms with E-state index < -0.39 is 0 Å². The van der Waals surface area contributed by atoms with Crippen molar-refractivity contribution in [3.63, 3.8) is 0 Å². The smallest absolute Gasteiger partial charge is 0.420 e. The third kappa shape index (κ3) is 2.20. The van der Waals surface area contributed by atoms with Crippen molar-refractivity contribution in [2.75, 3.05) is 7.05 Å². The van der Waals surface area contributed by atoms with Crippen LogP contribution in [0, 0.1) is 0 Å². The van der Waals surface area contributed by atoms with Crippen LogP contribution in [-0.2, 0) is 13.1 Å². The standard InChI is InChI=1S/C14H14N2O3/c1-15-8-10-6-7-11(18-10)9-16-12-4-2-3-5-13(12)19-14(16)17/h2-7,15H,8-9H2,1H3. The molecule has 0 aliphatic heterocycles. The van der Waals surface area contributed by atoms with Crippen molar-refractivity contribution in [2.45, 2.75) is 13.1 Å². The molecule has 98 valence electrons. The molecule has 1 aromatic carbocycles. The van der Waals surface area contributed by atoms with Gasteiger partial charge >= 0.3 is 5.76 Å². The Balaban J connectivity index is 1.96. The minimum absolute atomic E-state index is 0.368. The van der Waals surface area contributed by atoms with Gasteiger partial charge in [-0.1, -0.05) is 12.1 Å². The molecule has 0 aliphatic rings. The van der Waals surface area contributed by atoms with Crippen molar-refractivity contribution in [1.82, 2.24) is 9.88 Å². The molecular weight excluding hydrogens is 244 g/mol. The van der Waals surface area contributed by atoms with E-state index in [0.29, 0.717) is 18.7 Å². The largest absolute Gasteiger partial charge is 0.463 e. The van der Waals surface area contributed by atoms with Crippen molar-refractivity contribution in [1.29, 1.82) is 0 Å². The van der Waals surface area contributed by atoms with Gasteiger partial charge in [0.15, 0.2) is 5.58 Å². The molecule has 2 aromatic heterocycles. The lowest BCUT2D eigenvalue weighted by molar-refractivity contribution is 0.433. The SMILES string of the molecule is CNCc1ccc(Cn2c(=O)oc3ccccc32)o1. The number of hydrogen-bond donors (Lipinski definition) is 1. The molecule has 0 unspecified atom stereocenters. The van der Waals surface area contributed by atoms with Gasteiger partial charge in [0.05, 0.1) is 18.6 Å². The zero-order valence-electron chi connectivity index (χ0n) is 10.6. The predicted molar refractivity (Wildman–Crippen MR) is 71.0 cm³/mol. The number of nitrogens with one attached hydrogen (secondary N) is 1. The van der Waals surface area contributed by atoms with Gasteiger partial charge in [-0.05, 0) is 31.3 Å². The van der Waals surface area contributed by atoms with E-state index in [1.54, 1.807) is 10.6 Å². The third-order valence-corrected chi connectivity index (χ3v) is 2.96. The number of furan rings is 1. The third-order valence-electron chi connectivity index (χ3n) is 2.96. The Hall–Kier alpha value is -2.27. The molecule has 0 fully saturated rings. The Morgan fingerprint density at radius 1 is 1.11 bits per heavy atom. The van der Waals surface area contributed by atoms with E-state index in [1.165, 1.54) is 0 Å². The summed E-state index contributed by atoms with van der Waals surface area (Å²) in [5.74, 6) is 1.21. The Morgan fingerprint density at radius 3 is 2.74 bits per heavy atom. The van der Waals surface area contributed by atoms with E-state index in [2.05, 4.69) is 5.32 Å². The Morgan fingerprint density at radius 2 is 1.89 bits per heavy atom. The summed E-state index contributed by atoms with van der Waals surface area (Å²) >= 11 is 0. The van der Waals surface area contributed by atoms with Gasteiger partial charge in [-0.3, -0.25) is 4.57 Å². The molecule has 1 N–H and O–H groups in total. The Kier molecular flexibility index (Phi) is 2.97. The van der Waals surface area contributed by atoms with Crippen LogP contribution in [0.3, 0.4) is 0 Å². The molecule has 0 saturated carbocycles. The van der Waals surface area contributed by atoms with Crippen molar-refractivity contribution < 1.29 is 8.83 Å². The quantitative estimate of drug-likeness (QED) is 0.777. The van der Waals surface area contributed by atoms with Crippen LogP contribution in [0.1, 0.15) is 11.5 Å². The van der Waals surface area contributed by atoms with E-state index >= 15 is 0 Å². The number of benzene rings is 1. The average molecular weight is 258 g/mol. The molecular formula is C14H14N2O3. The van der Waals surface area contributed by atoms with E-state index in [1.807, 2.05) is 37.4 Å². The first-order valence-corrected chi connectivity index (χ1v) is 6.08. The van der Waals surface area contributed by atoms with Crippen LogP contribution in [0.4, 0.5) is 0 Å². The molecule has 0 radical (unpaired) electrons. The van der Waals surface area contributed by atoms with Crippen LogP contribution in [0.5, 0.6) is 0 Å². The summed E-state index contributed by atoms with van der Waals surface area (Å²) in [4.78, 5) is 11.8. The Labute approximate surface area is 109 Å². The first kappa shape index (κ1) is 11.8. The second-order valence-electron chi connectivity index (χ2n) is 4.32. The van der Waals surface area contributed by atoms with Crippen LogP contribution in [0.25, 0.3) is 11.1 Å². The molecule has 0 amide bonds. The van der Waals surface area contributed by atoms with Gasteiger partial charge in [0.2, 0.25) is 0 Å². The highest BCUT2D eigenvalue weighted by atomic mass is 16.4. The molecule has 5 heteroatoms. The van der Waals surface area contributed by atoms with Crippen LogP contribution in [0.15, 0.2) is 50.0 Å². The summed E-state index contributed by atoms with van der Waals surface area (Å²) in [6.45, 7) is 1.04. The van der Waals surface area contributed by atoms with Crippen molar-refractivity contribution in [3.05, 3.63) is 58.5 Å². The minimum Gasteiger partial charge on any atom is -0.463 e. The summed E-state index contributed by atoms with van der Waals surface area (Å²) in [6, 6.07) is 11.1. The number of hydrogen-bond acceptors (Lipinski definition) is 4. The van der Waals surface area contributed by atoms with Gasteiger partial charge in [0.1, 0.15) is 11.5 Å². The zero-order valence-corrected chi connectivity index (χ0v) is 10.6. The van der Waals surface area contributed by atoms with E-state index in [0.717, 1.165) is 17.0 Å². The lowest BCUT2D eigenvalue weighted by Gasteiger charge is -1.99. The summed E-state index contributed by atoms with van der Waals surface area (Å²) in [5.41, 5.74) is 1.37. The molecule has 0 spiro atoms. The summed E-state index contributed by atoms with van der Waals surface area (Å²) in [5, 5.41) is 3.02. The van der Waals surface area contributed by atoms with Gasteiger partial charge in [0, 0.05) is 0 Å². The first-order valence-electron chi connectivity index (χ1n) is 6.08. The molecule has 0 saturated heterocycles. The van der Waals surface area contributed by atoms with Gasteiger partial charge in [0.25, 0.3) is 0 Å². The van der Waals surface area contributed by atoms with Gasteiger partial charge in [-0.15, -0.1) is 0 Å². The number of para-hydroxylation sites is 2. The lowest BCUT2D eigenvalue weighted by Crippen LogP contribution is -2.14. The topological polar surface area (TPSA) is 60.3 Å². The number of nitrogens with zero attached hydrogens (tertiary/aromatic N) is 1. The number of aromatic nitrogens is 1. The minimum atomic E-state index is -0.368. The average Bonchev–Trinajstić information content (AvgIpc) is 2.96. The maximum atomic E-state index is 11.8. The van der Waals surface area contributed by atoms with Gasteiger partial charge in [-0.2, -0.15) is 0 Å².